The number of fused-ring (bicyclic) bond motifs is 1. The molecule has 1 saturated carbocycles. The zero-order valence-electron chi connectivity index (χ0n) is 7.92. The molecule has 1 N–H and O–H groups in total. The predicted molar refractivity (Wildman–Crippen MR) is 46.8 cm³/mol. The molecule has 12 heavy (non-hydrogen) atoms. The lowest BCUT2D eigenvalue weighted by molar-refractivity contribution is -0.0767. The molecule has 2 heteroatoms. The van der Waals surface area contributed by atoms with Gasteiger partial charge in [-0.25, -0.2) is 0 Å². The van der Waals surface area contributed by atoms with Crippen molar-refractivity contribution in [1.29, 1.82) is 0 Å². The Kier molecular flexibility index (Phi) is 1.92. The Bertz CT molecular complexity index is 181. The molecule has 0 aromatic rings. The molecule has 4 atom stereocenters. The molecule has 1 saturated heterocycles. The van der Waals surface area contributed by atoms with Crippen LogP contribution in [0.5, 0.6) is 0 Å². The van der Waals surface area contributed by atoms with Gasteiger partial charge in [-0.15, -0.1) is 0 Å². The van der Waals surface area contributed by atoms with E-state index in [1.165, 1.54) is 12.8 Å². The average Bonchev–Trinajstić information content (AvgIpc) is 2.55. The maximum Gasteiger partial charge on any atom is 0.0968 e. The summed E-state index contributed by atoms with van der Waals surface area (Å²) < 4.78 is 5.79. The first-order valence-corrected chi connectivity index (χ1v) is 4.95. The zero-order valence-corrected chi connectivity index (χ0v) is 7.92. The number of ether oxygens (including phenoxy) is 1. The van der Waals surface area contributed by atoms with Gasteiger partial charge in [-0.2, -0.15) is 0 Å². The third-order valence-electron chi connectivity index (χ3n) is 3.92. The van der Waals surface area contributed by atoms with Crippen LogP contribution in [0.1, 0.15) is 26.7 Å². The molecule has 0 aromatic heterocycles. The van der Waals surface area contributed by atoms with E-state index >= 15 is 0 Å². The molecule has 2 nitrogen and oxygen atoms in total. The Morgan fingerprint density at radius 1 is 1.42 bits per heavy atom. The summed E-state index contributed by atoms with van der Waals surface area (Å²) in [6.07, 6.45) is 2.46. The van der Waals surface area contributed by atoms with Gasteiger partial charge in [-0.1, -0.05) is 13.8 Å². The van der Waals surface area contributed by atoms with Crippen molar-refractivity contribution in [1.82, 2.24) is 0 Å². The van der Waals surface area contributed by atoms with Crippen molar-refractivity contribution in [3.05, 3.63) is 0 Å². The number of rotatable bonds is 1. The van der Waals surface area contributed by atoms with Crippen LogP contribution < -0.4 is 0 Å². The summed E-state index contributed by atoms with van der Waals surface area (Å²) in [4.78, 5) is 0. The van der Waals surface area contributed by atoms with E-state index in [9.17, 15) is 5.11 Å². The van der Waals surface area contributed by atoms with E-state index in [1.54, 1.807) is 0 Å². The lowest BCUT2D eigenvalue weighted by atomic mass is 9.82. The fourth-order valence-electron chi connectivity index (χ4n) is 3.02. The molecule has 1 aliphatic heterocycles. The highest BCUT2D eigenvalue weighted by atomic mass is 16.5. The van der Waals surface area contributed by atoms with Gasteiger partial charge in [-0.3, -0.25) is 0 Å². The topological polar surface area (TPSA) is 29.5 Å². The molecule has 1 aliphatic carbocycles. The van der Waals surface area contributed by atoms with Crippen LogP contribution in [0.4, 0.5) is 0 Å². The molecule has 2 aliphatic rings. The summed E-state index contributed by atoms with van der Waals surface area (Å²) in [5.41, 5.74) is -0.167. The molecule has 4 unspecified atom stereocenters. The van der Waals surface area contributed by atoms with Gasteiger partial charge in [0.25, 0.3) is 0 Å². The first-order valence-electron chi connectivity index (χ1n) is 4.95. The van der Waals surface area contributed by atoms with Crippen LogP contribution in [0.3, 0.4) is 0 Å². The largest absolute Gasteiger partial charge is 0.393 e. The highest BCUT2D eigenvalue weighted by Gasteiger charge is 2.54. The molecule has 0 amide bonds. The van der Waals surface area contributed by atoms with Gasteiger partial charge in [0.15, 0.2) is 0 Å². The highest BCUT2D eigenvalue weighted by Crippen LogP contribution is 2.50. The molecule has 0 bridgehead atoms. The molecule has 1 heterocycles. The maximum absolute atomic E-state index is 9.39. The van der Waals surface area contributed by atoms with Crippen LogP contribution in [0.2, 0.25) is 0 Å². The highest BCUT2D eigenvalue weighted by molar-refractivity contribution is 5.03. The summed E-state index contributed by atoms with van der Waals surface area (Å²) >= 11 is 0. The van der Waals surface area contributed by atoms with Crippen molar-refractivity contribution in [2.45, 2.75) is 32.3 Å². The molecular weight excluding hydrogens is 152 g/mol. The normalized spacial score (nSPS) is 52.8. The van der Waals surface area contributed by atoms with Crippen LogP contribution in [0.25, 0.3) is 0 Å². The lowest BCUT2D eigenvalue weighted by Gasteiger charge is -2.31. The van der Waals surface area contributed by atoms with Gasteiger partial charge in [-0.05, 0) is 30.6 Å². The van der Waals surface area contributed by atoms with Crippen molar-refractivity contribution in [3.63, 3.8) is 0 Å². The van der Waals surface area contributed by atoms with Gasteiger partial charge < -0.3 is 9.84 Å². The molecule has 2 fully saturated rings. The van der Waals surface area contributed by atoms with E-state index in [2.05, 4.69) is 13.8 Å². The van der Waals surface area contributed by atoms with E-state index in [4.69, 9.17) is 4.74 Å². The van der Waals surface area contributed by atoms with Crippen molar-refractivity contribution in [2.75, 3.05) is 13.2 Å². The third kappa shape index (κ3) is 0.882. The fraction of sp³-hybridized carbons (Fsp3) is 1.00. The number of aliphatic hydroxyl groups is 1. The average molecular weight is 170 g/mol. The smallest absolute Gasteiger partial charge is 0.0968 e. The molecule has 0 radical (unpaired) electrons. The Morgan fingerprint density at radius 3 is 2.75 bits per heavy atom. The molecule has 0 aromatic carbocycles. The van der Waals surface area contributed by atoms with Crippen molar-refractivity contribution >= 4 is 0 Å². The lowest BCUT2D eigenvalue weighted by Crippen LogP contribution is -2.41. The quantitative estimate of drug-likeness (QED) is 0.645. The molecule has 70 valence electrons. The SMILES string of the molecule is CC1COC2(CO)C(C)CCC12. The Hall–Kier alpha value is -0.0800. The van der Waals surface area contributed by atoms with Gasteiger partial charge in [0.1, 0.15) is 0 Å². The third-order valence-corrected chi connectivity index (χ3v) is 3.92. The number of hydrogen-bond donors (Lipinski definition) is 1. The standard InChI is InChI=1S/C10H18O2/c1-7-5-12-10(6-11)8(2)3-4-9(7)10/h7-9,11H,3-6H2,1-2H3. The fourth-order valence-corrected chi connectivity index (χ4v) is 3.02. The van der Waals surface area contributed by atoms with Gasteiger partial charge in [0.05, 0.1) is 18.8 Å². The van der Waals surface area contributed by atoms with Crippen LogP contribution in [-0.4, -0.2) is 23.9 Å². The van der Waals surface area contributed by atoms with E-state index in [1.807, 2.05) is 0 Å². The summed E-state index contributed by atoms with van der Waals surface area (Å²) in [6, 6.07) is 0. The number of hydrogen-bond acceptors (Lipinski definition) is 2. The Morgan fingerprint density at radius 2 is 2.17 bits per heavy atom. The second-order valence-corrected chi connectivity index (χ2v) is 4.49. The van der Waals surface area contributed by atoms with E-state index < -0.39 is 0 Å². The minimum Gasteiger partial charge on any atom is -0.393 e. The van der Waals surface area contributed by atoms with Crippen LogP contribution in [-0.2, 0) is 4.74 Å². The van der Waals surface area contributed by atoms with E-state index in [0.29, 0.717) is 17.8 Å². The second kappa shape index (κ2) is 2.71. The second-order valence-electron chi connectivity index (χ2n) is 4.49. The maximum atomic E-state index is 9.39. The Balaban J connectivity index is 2.25. The summed E-state index contributed by atoms with van der Waals surface area (Å²) in [5, 5.41) is 9.39. The summed E-state index contributed by atoms with van der Waals surface area (Å²) in [5.74, 6) is 1.79. The monoisotopic (exact) mass is 170 g/mol. The van der Waals surface area contributed by atoms with Gasteiger partial charge in [0, 0.05) is 0 Å². The summed E-state index contributed by atoms with van der Waals surface area (Å²) in [7, 11) is 0. The zero-order chi connectivity index (χ0) is 8.77. The predicted octanol–water partition coefficient (Wildman–Crippen LogP) is 1.43. The van der Waals surface area contributed by atoms with Crippen molar-refractivity contribution < 1.29 is 9.84 Å². The van der Waals surface area contributed by atoms with Gasteiger partial charge in [0.2, 0.25) is 0 Å². The van der Waals surface area contributed by atoms with Crippen LogP contribution >= 0.6 is 0 Å². The van der Waals surface area contributed by atoms with E-state index in [0.717, 1.165) is 6.61 Å². The molecular formula is C10H18O2. The molecule has 2 rings (SSSR count). The summed E-state index contributed by atoms with van der Waals surface area (Å²) in [6.45, 7) is 5.49. The first kappa shape index (κ1) is 8.52. The van der Waals surface area contributed by atoms with E-state index in [-0.39, 0.29) is 12.2 Å². The van der Waals surface area contributed by atoms with Crippen LogP contribution in [0.15, 0.2) is 0 Å². The minimum absolute atomic E-state index is 0.167. The minimum atomic E-state index is -0.167. The Labute approximate surface area is 73.9 Å². The molecule has 0 spiro atoms. The first-order chi connectivity index (χ1) is 5.70. The van der Waals surface area contributed by atoms with Crippen molar-refractivity contribution in [2.24, 2.45) is 17.8 Å². The van der Waals surface area contributed by atoms with Crippen LogP contribution in [0, 0.1) is 17.8 Å². The number of aliphatic hydroxyl groups excluding tert-OH is 1. The van der Waals surface area contributed by atoms with Gasteiger partial charge >= 0.3 is 0 Å². The van der Waals surface area contributed by atoms with Crippen molar-refractivity contribution in [3.8, 4) is 0 Å².